The van der Waals surface area contributed by atoms with Gasteiger partial charge in [0.05, 0.1) is 6.10 Å². The summed E-state index contributed by atoms with van der Waals surface area (Å²) in [6.07, 6.45) is 15.2. The molecule has 1 atom stereocenters. The van der Waals surface area contributed by atoms with Gasteiger partial charge < -0.3 is 4.74 Å². The molecule has 0 bridgehead atoms. The van der Waals surface area contributed by atoms with E-state index < -0.39 is 0 Å². The van der Waals surface area contributed by atoms with Crippen molar-refractivity contribution in [3.8, 4) is 0 Å². The van der Waals surface area contributed by atoms with Gasteiger partial charge >= 0.3 is 33.9 Å². The van der Waals surface area contributed by atoms with Crippen LogP contribution in [-0.4, -0.2) is 12.7 Å². The van der Waals surface area contributed by atoms with Crippen LogP contribution in [0.3, 0.4) is 0 Å². The summed E-state index contributed by atoms with van der Waals surface area (Å²) in [6.45, 7) is 22.1. The molecule has 0 spiro atoms. The molecule has 5 heteroatoms. The molecule has 0 saturated heterocycles. The summed E-state index contributed by atoms with van der Waals surface area (Å²) in [7, 11) is 0. The van der Waals surface area contributed by atoms with Gasteiger partial charge in [-0.1, -0.05) is 13.8 Å². The van der Waals surface area contributed by atoms with Gasteiger partial charge in [0.2, 0.25) is 0 Å². The number of hydrogen-bond acceptors (Lipinski definition) is 1. The van der Waals surface area contributed by atoms with Gasteiger partial charge in [-0.05, 0) is 44.6 Å². The Hall–Kier alpha value is -0.652. The van der Waals surface area contributed by atoms with Crippen LogP contribution in [0.1, 0.15) is 13.8 Å². The van der Waals surface area contributed by atoms with E-state index >= 15 is 0 Å². The van der Waals surface area contributed by atoms with E-state index in [0.29, 0.717) is 12.5 Å². The Morgan fingerprint density at radius 3 is 1.68 bits per heavy atom. The Morgan fingerprint density at radius 2 is 1.45 bits per heavy atom. The van der Waals surface area contributed by atoms with Crippen molar-refractivity contribution < 1.29 is 39.8 Å². The van der Waals surface area contributed by atoms with Gasteiger partial charge in [0.15, 0.2) is 0 Å². The normalized spacial score (nSPS) is 17.1. The molecule has 117 valence electrons. The quantitative estimate of drug-likeness (QED) is 0.452. The molecular weight excluding hydrogens is 452 g/mol. The van der Waals surface area contributed by atoms with Crippen molar-refractivity contribution in [2.75, 3.05) is 6.61 Å². The SMILES string of the molecule is C=CC1=[C-]COC1C(C)C.[C-]#[O+].[C-]#[O+].[C-]#[O+].[CH]1[CH][CH][CH][CH]1.[W]. The van der Waals surface area contributed by atoms with E-state index in [-0.39, 0.29) is 27.2 Å². The van der Waals surface area contributed by atoms with E-state index in [4.69, 9.17) is 18.7 Å². The van der Waals surface area contributed by atoms with Gasteiger partial charge in [0.1, 0.15) is 0 Å². The van der Waals surface area contributed by atoms with Crippen molar-refractivity contribution in [1.29, 1.82) is 0 Å². The van der Waals surface area contributed by atoms with Gasteiger partial charge in [0.25, 0.3) is 0 Å². The zero-order valence-corrected chi connectivity index (χ0v) is 15.5. The molecule has 1 aliphatic carbocycles. The van der Waals surface area contributed by atoms with Gasteiger partial charge in [0, 0.05) is 21.1 Å². The zero-order chi connectivity index (χ0) is 17.1. The van der Waals surface area contributed by atoms with Crippen LogP contribution in [0.15, 0.2) is 18.2 Å². The second-order valence-corrected chi connectivity index (χ2v) is 3.77. The van der Waals surface area contributed by atoms with E-state index in [9.17, 15) is 0 Å². The van der Waals surface area contributed by atoms with Crippen molar-refractivity contribution in [2.45, 2.75) is 20.0 Å². The van der Waals surface area contributed by atoms with E-state index in [2.05, 4.69) is 46.5 Å². The van der Waals surface area contributed by atoms with E-state index in [1.807, 2.05) is 38.2 Å². The maximum Gasteiger partial charge on any atom is 0 e. The molecule has 1 saturated carbocycles. The van der Waals surface area contributed by atoms with Crippen LogP contribution in [-0.2, 0) is 39.8 Å². The first-order valence-corrected chi connectivity index (χ1v) is 5.88. The molecule has 2 rings (SSSR count). The summed E-state index contributed by atoms with van der Waals surface area (Å²) in [5, 5.41) is 0. The molecule has 0 aromatic heterocycles. The second-order valence-electron chi connectivity index (χ2n) is 3.77. The molecule has 5 radical (unpaired) electrons. The topological polar surface area (TPSA) is 68.9 Å². The van der Waals surface area contributed by atoms with Gasteiger partial charge in [-0.25, -0.2) is 12.2 Å². The van der Waals surface area contributed by atoms with Crippen molar-refractivity contribution in [3.63, 3.8) is 0 Å². The van der Waals surface area contributed by atoms with Crippen molar-refractivity contribution in [3.05, 3.63) is 76.4 Å². The van der Waals surface area contributed by atoms with Crippen LogP contribution in [0.2, 0.25) is 0 Å². The molecular formula is C17H18O4W-. The number of ether oxygens (including phenoxy) is 1. The van der Waals surface area contributed by atoms with Gasteiger partial charge in [-0.2, -0.15) is 12.2 Å². The van der Waals surface area contributed by atoms with Crippen LogP contribution in [0, 0.1) is 64.0 Å². The molecule has 0 aromatic rings. The Labute approximate surface area is 148 Å². The molecule has 1 fully saturated rings. The fourth-order valence-electron chi connectivity index (χ4n) is 1.47. The minimum atomic E-state index is 0. The van der Waals surface area contributed by atoms with E-state index in [0.717, 1.165) is 5.57 Å². The average Bonchev–Trinajstić information content (AvgIpc) is 3.27. The third kappa shape index (κ3) is 15.7. The average molecular weight is 470 g/mol. The molecule has 0 amide bonds. The van der Waals surface area contributed by atoms with Gasteiger partial charge in [-0.15, -0.1) is 0 Å². The summed E-state index contributed by atoms with van der Waals surface area (Å²) in [6, 6.07) is 0. The fraction of sp³-hybridized carbons (Fsp3) is 0.294. The Morgan fingerprint density at radius 1 is 1.09 bits per heavy atom. The van der Waals surface area contributed by atoms with Crippen molar-refractivity contribution in [2.24, 2.45) is 5.92 Å². The monoisotopic (exact) mass is 470 g/mol. The van der Waals surface area contributed by atoms with Crippen LogP contribution >= 0.6 is 0 Å². The standard InChI is InChI=1S/C9H13O.C5H5.3CO.W/c1-4-8-5-6-10-9(8)7(2)3;1-2-4-5-3-1;3*1-2;/h4,7,9H,1,6H2,2-3H3;1-5H;;;;/q-1;;;;;. The first-order valence-electron chi connectivity index (χ1n) is 5.88. The predicted molar refractivity (Wildman–Crippen MR) is 74.8 cm³/mol. The summed E-state index contributed by atoms with van der Waals surface area (Å²) >= 11 is 0. The molecule has 0 N–H and O–H groups in total. The minimum Gasteiger partial charge on any atom is -0.0312 e. The third-order valence-corrected chi connectivity index (χ3v) is 2.23. The van der Waals surface area contributed by atoms with Crippen LogP contribution < -0.4 is 0 Å². The third-order valence-electron chi connectivity index (χ3n) is 2.23. The maximum atomic E-state index is 7.50. The van der Waals surface area contributed by atoms with Crippen LogP contribution in [0.25, 0.3) is 0 Å². The largest absolute Gasteiger partial charge is 0.0312 e. The summed E-state index contributed by atoms with van der Waals surface area (Å²) < 4.78 is 27.9. The molecule has 1 unspecified atom stereocenters. The predicted octanol–water partition coefficient (Wildman–Crippen LogP) is 2.86. The number of rotatable bonds is 2. The zero-order valence-electron chi connectivity index (χ0n) is 12.6. The van der Waals surface area contributed by atoms with E-state index in [1.54, 1.807) is 0 Å². The molecule has 0 aromatic carbocycles. The van der Waals surface area contributed by atoms with Crippen LogP contribution in [0.5, 0.6) is 0 Å². The summed E-state index contributed by atoms with van der Waals surface area (Å²) in [5.74, 6) is 0.531. The summed E-state index contributed by atoms with van der Waals surface area (Å²) in [5.41, 5.74) is 1.12. The maximum absolute atomic E-state index is 7.50. The smallest absolute Gasteiger partial charge is 0 e. The second kappa shape index (κ2) is 25.3. The Balaban J connectivity index is -0.000000115. The van der Waals surface area contributed by atoms with Crippen LogP contribution in [0.4, 0.5) is 0 Å². The summed E-state index contributed by atoms with van der Waals surface area (Å²) in [4.78, 5) is 0. The first kappa shape index (κ1) is 29.4. The Bertz CT molecular complexity index is 303. The molecule has 2 aliphatic rings. The van der Waals surface area contributed by atoms with E-state index in [1.165, 1.54) is 0 Å². The van der Waals surface area contributed by atoms with Crippen molar-refractivity contribution >= 4 is 0 Å². The molecule has 1 aliphatic heterocycles. The molecule has 4 nitrogen and oxygen atoms in total. The molecule has 22 heavy (non-hydrogen) atoms. The molecule has 1 heterocycles. The fourth-order valence-corrected chi connectivity index (χ4v) is 1.47. The van der Waals surface area contributed by atoms with Crippen molar-refractivity contribution in [1.82, 2.24) is 0 Å². The first-order chi connectivity index (χ1) is 10.3. The Kier molecular flexibility index (Phi) is 33.8. The minimum absolute atomic E-state index is 0. The number of hydrogen-bond donors (Lipinski definition) is 0. The van der Waals surface area contributed by atoms with Gasteiger partial charge in [-0.3, -0.25) is 0 Å².